The fourth-order valence-electron chi connectivity index (χ4n) is 4.42. The molecule has 0 radical (unpaired) electrons. The molecule has 0 aliphatic carbocycles. The minimum atomic E-state index is 0.0345. The predicted molar refractivity (Wildman–Crippen MR) is 101 cm³/mol. The van der Waals surface area contributed by atoms with Crippen molar-refractivity contribution in [3.63, 3.8) is 0 Å². The molecule has 3 nitrogen and oxygen atoms in total. The quantitative estimate of drug-likeness (QED) is 0.855. The molecule has 5 heteroatoms. The number of nitrogens with zero attached hydrogens (tertiary/aromatic N) is 1. The zero-order valence-corrected chi connectivity index (χ0v) is 15.9. The van der Waals surface area contributed by atoms with Crippen molar-refractivity contribution in [3.05, 3.63) is 33.7 Å². The maximum absolute atomic E-state index is 12.9. The first-order valence-electron chi connectivity index (χ1n) is 8.62. The molecule has 2 aromatic rings. The lowest BCUT2D eigenvalue weighted by molar-refractivity contribution is -0.0377. The Hall–Kier alpha value is -1.10. The van der Waals surface area contributed by atoms with Gasteiger partial charge in [0, 0.05) is 21.3 Å². The summed E-state index contributed by atoms with van der Waals surface area (Å²) in [7, 11) is 0. The Balaban J connectivity index is 1.61. The molecule has 1 atom stereocenters. The van der Waals surface area contributed by atoms with Gasteiger partial charge in [0.1, 0.15) is 0 Å². The molecule has 128 valence electrons. The molecule has 3 aliphatic heterocycles. The molecule has 0 spiro atoms. The van der Waals surface area contributed by atoms with Gasteiger partial charge < -0.3 is 5.32 Å². The fourth-order valence-corrected chi connectivity index (χ4v) is 5.70. The molecule has 0 saturated carbocycles. The summed E-state index contributed by atoms with van der Waals surface area (Å²) in [5.74, 6) is 0.651. The fraction of sp³-hybridized carbons (Fsp3) is 0.526. The molecule has 0 unspecified atom stereocenters. The maximum Gasteiger partial charge on any atom is 0.261 e. The van der Waals surface area contributed by atoms with Crippen LogP contribution >= 0.6 is 22.9 Å². The van der Waals surface area contributed by atoms with E-state index in [0.717, 1.165) is 38.6 Å². The van der Waals surface area contributed by atoms with Gasteiger partial charge in [0.15, 0.2) is 0 Å². The lowest BCUT2D eigenvalue weighted by atomic mass is 9.72. The summed E-state index contributed by atoms with van der Waals surface area (Å²) in [6, 6.07) is 6.12. The summed E-state index contributed by atoms with van der Waals surface area (Å²) in [5, 5.41) is 5.21. The van der Waals surface area contributed by atoms with Crippen molar-refractivity contribution in [2.45, 2.75) is 45.2 Å². The Morgan fingerprint density at radius 1 is 1.33 bits per heavy atom. The minimum Gasteiger partial charge on any atom is -0.346 e. The second-order valence-corrected chi connectivity index (χ2v) is 9.09. The SMILES string of the molecule is Cc1c(Cl)ccc2cc(C(=O)N[C@@H]3C4CCN(CC4)C3(C)C)sc12. The van der Waals surface area contributed by atoms with Crippen molar-refractivity contribution in [1.29, 1.82) is 0 Å². The molecule has 4 heterocycles. The molecule has 24 heavy (non-hydrogen) atoms. The zero-order valence-electron chi connectivity index (χ0n) is 14.4. The van der Waals surface area contributed by atoms with Crippen molar-refractivity contribution in [2.24, 2.45) is 5.92 Å². The van der Waals surface area contributed by atoms with Gasteiger partial charge >= 0.3 is 0 Å². The van der Waals surface area contributed by atoms with Crippen LogP contribution in [0.15, 0.2) is 18.2 Å². The van der Waals surface area contributed by atoms with Crippen LogP contribution in [0.1, 0.15) is 41.9 Å². The maximum atomic E-state index is 12.9. The van der Waals surface area contributed by atoms with Crippen LogP contribution in [-0.2, 0) is 0 Å². The third-order valence-corrected chi connectivity index (χ3v) is 7.65. The molecule has 1 aromatic carbocycles. The number of piperidine rings is 3. The molecule has 2 bridgehead atoms. The van der Waals surface area contributed by atoms with E-state index in [1.165, 1.54) is 12.8 Å². The van der Waals surface area contributed by atoms with Gasteiger partial charge in [-0.1, -0.05) is 17.7 Å². The average Bonchev–Trinajstić information content (AvgIpc) is 3.00. The van der Waals surface area contributed by atoms with Crippen LogP contribution in [0.5, 0.6) is 0 Å². The molecular formula is C19H23ClN2OS. The second kappa shape index (κ2) is 5.72. The van der Waals surface area contributed by atoms with Crippen molar-refractivity contribution in [2.75, 3.05) is 13.1 Å². The standard InChI is InChI=1S/C19H23ClN2OS/c1-11-14(20)5-4-13-10-15(24-16(11)13)18(23)21-17-12-6-8-22(9-7-12)19(17,2)3/h4-5,10,12,17H,6-9H2,1-3H3,(H,21,23)/t17-/m1/s1. The molecule has 3 aliphatic rings. The third-order valence-electron chi connectivity index (χ3n) is 5.97. The first-order valence-corrected chi connectivity index (χ1v) is 9.82. The zero-order chi connectivity index (χ0) is 17.1. The number of hydrogen-bond donors (Lipinski definition) is 1. The summed E-state index contributed by atoms with van der Waals surface area (Å²) in [4.78, 5) is 16.2. The van der Waals surface area contributed by atoms with E-state index in [2.05, 4.69) is 24.1 Å². The van der Waals surface area contributed by atoms with Crippen molar-refractivity contribution in [1.82, 2.24) is 10.2 Å². The number of benzene rings is 1. The summed E-state index contributed by atoms with van der Waals surface area (Å²) in [6.07, 6.45) is 2.38. The second-order valence-electron chi connectivity index (χ2n) is 7.63. The van der Waals surface area contributed by atoms with Crippen molar-refractivity contribution in [3.8, 4) is 0 Å². The van der Waals surface area contributed by atoms with E-state index in [9.17, 15) is 4.79 Å². The lowest BCUT2D eigenvalue weighted by Crippen LogP contribution is -2.69. The van der Waals surface area contributed by atoms with Crippen LogP contribution in [0, 0.1) is 12.8 Å². The summed E-state index contributed by atoms with van der Waals surface area (Å²) in [6.45, 7) is 8.85. The first kappa shape index (κ1) is 16.4. The normalized spacial score (nSPS) is 28.2. The Labute approximate surface area is 152 Å². The van der Waals surface area contributed by atoms with E-state index in [4.69, 9.17) is 11.6 Å². The highest BCUT2D eigenvalue weighted by Gasteiger charge is 2.48. The van der Waals surface area contributed by atoms with Gasteiger partial charge in [-0.2, -0.15) is 0 Å². The van der Waals surface area contributed by atoms with Gasteiger partial charge in [-0.3, -0.25) is 9.69 Å². The number of carbonyl (C=O) groups is 1. The van der Waals surface area contributed by atoms with Gasteiger partial charge in [-0.25, -0.2) is 0 Å². The number of hydrogen-bond acceptors (Lipinski definition) is 3. The summed E-state index contributed by atoms with van der Waals surface area (Å²) < 4.78 is 1.11. The Morgan fingerprint density at radius 2 is 2.04 bits per heavy atom. The van der Waals surface area contributed by atoms with Crippen molar-refractivity contribution >= 4 is 38.9 Å². The molecular weight excluding hydrogens is 340 g/mol. The van der Waals surface area contributed by atoms with E-state index in [0.29, 0.717) is 5.92 Å². The Kier molecular flexibility index (Phi) is 3.90. The highest BCUT2D eigenvalue weighted by Crippen LogP contribution is 2.39. The number of rotatable bonds is 2. The van der Waals surface area contributed by atoms with Crippen LogP contribution < -0.4 is 5.32 Å². The largest absolute Gasteiger partial charge is 0.346 e. The highest BCUT2D eigenvalue weighted by atomic mass is 35.5. The van der Waals surface area contributed by atoms with Crippen LogP contribution in [-0.4, -0.2) is 35.5 Å². The van der Waals surface area contributed by atoms with Gasteiger partial charge in [0.05, 0.1) is 4.88 Å². The van der Waals surface area contributed by atoms with Crippen LogP contribution in [0.4, 0.5) is 0 Å². The van der Waals surface area contributed by atoms with E-state index in [-0.39, 0.29) is 17.5 Å². The average molecular weight is 363 g/mol. The number of aryl methyl sites for hydroxylation is 1. The predicted octanol–water partition coefficient (Wildman–Crippen LogP) is 4.47. The van der Waals surface area contributed by atoms with Crippen molar-refractivity contribution < 1.29 is 4.79 Å². The van der Waals surface area contributed by atoms with Crippen LogP contribution in [0.3, 0.4) is 0 Å². The minimum absolute atomic E-state index is 0.0345. The van der Waals surface area contributed by atoms with Gasteiger partial charge in [-0.15, -0.1) is 11.3 Å². The third kappa shape index (κ3) is 2.47. The number of carbonyl (C=O) groups excluding carboxylic acids is 1. The monoisotopic (exact) mass is 362 g/mol. The number of halogens is 1. The molecule has 1 aromatic heterocycles. The smallest absolute Gasteiger partial charge is 0.261 e. The van der Waals surface area contributed by atoms with E-state index in [1.807, 2.05) is 25.1 Å². The van der Waals surface area contributed by atoms with Gasteiger partial charge in [0.25, 0.3) is 5.91 Å². The Bertz CT molecular complexity index is 805. The lowest BCUT2D eigenvalue weighted by Gasteiger charge is -2.56. The van der Waals surface area contributed by atoms with E-state index in [1.54, 1.807) is 11.3 Å². The molecule has 1 N–H and O–H groups in total. The number of fused-ring (bicyclic) bond motifs is 4. The number of thiophene rings is 1. The highest BCUT2D eigenvalue weighted by molar-refractivity contribution is 7.21. The summed E-state index contributed by atoms with van der Waals surface area (Å²) in [5.41, 5.74) is 1.09. The van der Waals surface area contributed by atoms with Crippen LogP contribution in [0.25, 0.3) is 10.1 Å². The molecule has 3 fully saturated rings. The van der Waals surface area contributed by atoms with Gasteiger partial charge in [-0.05, 0) is 75.7 Å². The molecule has 3 saturated heterocycles. The van der Waals surface area contributed by atoms with E-state index < -0.39 is 0 Å². The number of nitrogens with one attached hydrogen (secondary N) is 1. The van der Waals surface area contributed by atoms with Gasteiger partial charge in [0.2, 0.25) is 0 Å². The summed E-state index contributed by atoms with van der Waals surface area (Å²) >= 11 is 7.76. The molecule has 1 amide bonds. The molecule has 5 rings (SSSR count). The van der Waals surface area contributed by atoms with Crippen LogP contribution in [0.2, 0.25) is 5.02 Å². The first-order chi connectivity index (χ1) is 11.4. The van der Waals surface area contributed by atoms with E-state index >= 15 is 0 Å². The topological polar surface area (TPSA) is 32.3 Å². The number of amides is 1. The Morgan fingerprint density at radius 3 is 2.71 bits per heavy atom.